The number of carbonyl (C=O) groups is 1. The molecule has 158 valence electrons. The number of nitrogens with one attached hydrogen (secondary N) is 1. The Balaban J connectivity index is 2.00. The van der Waals surface area contributed by atoms with Gasteiger partial charge in [-0.05, 0) is 54.6 Å². The van der Waals surface area contributed by atoms with E-state index in [0.29, 0.717) is 24.6 Å². The first kappa shape index (κ1) is 22.1. The summed E-state index contributed by atoms with van der Waals surface area (Å²) in [6.45, 7) is 4.21. The van der Waals surface area contributed by atoms with Crippen LogP contribution in [0.25, 0.3) is 0 Å². The summed E-state index contributed by atoms with van der Waals surface area (Å²) >= 11 is 3.36. The van der Waals surface area contributed by atoms with Crippen molar-refractivity contribution in [3.05, 3.63) is 71.1 Å². The van der Waals surface area contributed by atoms with Crippen molar-refractivity contribution < 1.29 is 22.4 Å². The van der Waals surface area contributed by atoms with E-state index >= 15 is 0 Å². The second-order valence-corrected chi connectivity index (χ2v) is 9.09. The molecule has 1 N–H and O–H groups in total. The van der Waals surface area contributed by atoms with Crippen molar-refractivity contribution in [3.8, 4) is 11.5 Å². The van der Waals surface area contributed by atoms with Crippen LogP contribution in [0.3, 0.4) is 0 Å². The molecule has 1 amide bonds. The minimum atomic E-state index is -3.71. The van der Waals surface area contributed by atoms with Crippen molar-refractivity contribution in [1.29, 1.82) is 0 Å². The van der Waals surface area contributed by atoms with Crippen LogP contribution < -0.4 is 10.1 Å². The van der Waals surface area contributed by atoms with Gasteiger partial charge >= 0.3 is 0 Å². The first-order valence-electron chi connectivity index (χ1n) is 9.27. The van der Waals surface area contributed by atoms with E-state index < -0.39 is 15.9 Å². The van der Waals surface area contributed by atoms with Crippen LogP contribution in [-0.4, -0.2) is 31.7 Å². The summed E-state index contributed by atoms with van der Waals surface area (Å²) in [6.07, 6.45) is 1.38. The fraction of sp³-hybridized carbons (Fsp3) is 0.190. The van der Waals surface area contributed by atoms with Crippen molar-refractivity contribution in [2.45, 2.75) is 18.7 Å². The molecule has 0 aliphatic rings. The van der Waals surface area contributed by atoms with E-state index in [1.54, 1.807) is 32.0 Å². The Bertz CT molecular complexity index is 1110. The normalized spacial score (nSPS) is 11.5. The van der Waals surface area contributed by atoms with Gasteiger partial charge in [0.15, 0.2) is 11.5 Å². The average Bonchev–Trinajstić information content (AvgIpc) is 3.26. The minimum absolute atomic E-state index is 0.0594. The lowest BCUT2D eigenvalue weighted by molar-refractivity contribution is 0.0996. The van der Waals surface area contributed by atoms with E-state index in [9.17, 15) is 13.2 Å². The lowest BCUT2D eigenvalue weighted by Gasteiger charge is -2.20. The molecule has 0 bridgehead atoms. The predicted octanol–water partition coefficient (Wildman–Crippen LogP) is 5.12. The third kappa shape index (κ3) is 4.92. The summed E-state index contributed by atoms with van der Waals surface area (Å²) in [5.74, 6) is 0.418. The lowest BCUT2D eigenvalue weighted by Crippen LogP contribution is -2.30. The number of amides is 1. The van der Waals surface area contributed by atoms with Gasteiger partial charge in [0.2, 0.25) is 10.0 Å². The molecule has 2 aromatic carbocycles. The first-order chi connectivity index (χ1) is 14.3. The van der Waals surface area contributed by atoms with Gasteiger partial charge in [-0.15, -0.1) is 0 Å². The van der Waals surface area contributed by atoms with Crippen LogP contribution in [0.1, 0.15) is 24.4 Å². The molecule has 30 heavy (non-hydrogen) atoms. The maximum atomic E-state index is 12.9. The van der Waals surface area contributed by atoms with Gasteiger partial charge in [-0.1, -0.05) is 29.8 Å². The Hall–Kier alpha value is -2.62. The van der Waals surface area contributed by atoms with Crippen LogP contribution in [0.4, 0.5) is 5.69 Å². The van der Waals surface area contributed by atoms with Gasteiger partial charge in [0.1, 0.15) is 5.75 Å². The van der Waals surface area contributed by atoms with Crippen molar-refractivity contribution in [3.63, 3.8) is 0 Å². The molecular weight excluding hydrogens is 472 g/mol. The van der Waals surface area contributed by atoms with Crippen molar-refractivity contribution >= 4 is 37.5 Å². The van der Waals surface area contributed by atoms with E-state index in [2.05, 4.69) is 21.2 Å². The molecule has 0 radical (unpaired) electrons. The van der Waals surface area contributed by atoms with Gasteiger partial charge in [-0.25, -0.2) is 8.42 Å². The van der Waals surface area contributed by atoms with Crippen LogP contribution in [0.5, 0.6) is 11.5 Å². The van der Waals surface area contributed by atoms with Crippen molar-refractivity contribution in [2.75, 3.05) is 18.4 Å². The Kier molecular flexibility index (Phi) is 6.96. The summed E-state index contributed by atoms with van der Waals surface area (Å²) in [7, 11) is -3.71. The number of nitrogens with zero attached hydrogens (tertiary/aromatic N) is 1. The number of hydrogen-bond donors (Lipinski definition) is 1. The number of rotatable bonds is 8. The number of ether oxygens (including phenoxy) is 1. The molecule has 0 unspecified atom stereocenters. The van der Waals surface area contributed by atoms with Gasteiger partial charge in [-0.3, -0.25) is 4.79 Å². The molecule has 0 atom stereocenters. The lowest BCUT2D eigenvalue weighted by atomic mass is 10.2. The largest absolute Gasteiger partial charge is 0.459 e. The van der Waals surface area contributed by atoms with E-state index in [-0.39, 0.29) is 16.3 Å². The van der Waals surface area contributed by atoms with Gasteiger partial charge in [0.05, 0.1) is 16.8 Å². The van der Waals surface area contributed by atoms with Gasteiger partial charge in [-0.2, -0.15) is 4.31 Å². The molecular formula is C21H21BrN2O5S. The number of anilines is 1. The number of halogens is 1. The van der Waals surface area contributed by atoms with E-state index in [4.69, 9.17) is 9.15 Å². The molecule has 0 aliphatic carbocycles. The number of carbonyl (C=O) groups excluding carboxylic acids is 1. The Morgan fingerprint density at radius 2 is 1.80 bits per heavy atom. The molecule has 9 heteroatoms. The second-order valence-electron chi connectivity index (χ2n) is 6.23. The second kappa shape index (κ2) is 9.46. The zero-order valence-electron chi connectivity index (χ0n) is 16.5. The summed E-state index contributed by atoms with van der Waals surface area (Å²) < 4.78 is 39.1. The van der Waals surface area contributed by atoms with Gasteiger partial charge < -0.3 is 14.5 Å². The van der Waals surface area contributed by atoms with Crippen LogP contribution in [0, 0.1) is 0 Å². The zero-order valence-corrected chi connectivity index (χ0v) is 18.9. The smallest absolute Gasteiger partial charge is 0.291 e. The highest BCUT2D eigenvalue weighted by Gasteiger charge is 2.24. The summed E-state index contributed by atoms with van der Waals surface area (Å²) in [6, 6.07) is 14.6. The number of benzene rings is 2. The topological polar surface area (TPSA) is 88.9 Å². The standard InChI is InChI=1S/C21H21BrN2O5S/c1-3-24(4-2)30(26,27)17-11-12-19(29-16-9-7-15(22)8-10-16)18(14-17)23-21(25)20-6-5-13-28-20/h5-14H,3-4H2,1-2H3,(H,23,25). The predicted molar refractivity (Wildman–Crippen MR) is 117 cm³/mol. The Morgan fingerprint density at radius 1 is 1.10 bits per heavy atom. The third-order valence-electron chi connectivity index (χ3n) is 4.33. The average molecular weight is 493 g/mol. The molecule has 0 saturated heterocycles. The summed E-state index contributed by atoms with van der Waals surface area (Å²) in [5, 5.41) is 2.68. The summed E-state index contributed by atoms with van der Waals surface area (Å²) in [4.78, 5) is 12.6. The third-order valence-corrected chi connectivity index (χ3v) is 6.90. The molecule has 0 fully saturated rings. The number of furan rings is 1. The molecule has 1 heterocycles. The molecule has 3 aromatic rings. The first-order valence-corrected chi connectivity index (χ1v) is 11.5. The Morgan fingerprint density at radius 3 is 2.40 bits per heavy atom. The van der Waals surface area contributed by atoms with Gasteiger partial charge in [0, 0.05) is 17.6 Å². The van der Waals surface area contributed by atoms with Gasteiger partial charge in [0.25, 0.3) is 5.91 Å². The highest BCUT2D eigenvalue weighted by atomic mass is 79.9. The number of hydrogen-bond acceptors (Lipinski definition) is 5. The molecule has 0 spiro atoms. The maximum Gasteiger partial charge on any atom is 0.291 e. The minimum Gasteiger partial charge on any atom is -0.459 e. The van der Waals surface area contributed by atoms with Crippen LogP contribution >= 0.6 is 15.9 Å². The van der Waals surface area contributed by atoms with Crippen LogP contribution in [0.2, 0.25) is 0 Å². The van der Waals surface area contributed by atoms with E-state index in [0.717, 1.165) is 4.47 Å². The molecule has 3 rings (SSSR count). The van der Waals surface area contributed by atoms with Crippen molar-refractivity contribution in [1.82, 2.24) is 4.31 Å². The van der Waals surface area contributed by atoms with Crippen LogP contribution in [-0.2, 0) is 10.0 Å². The number of sulfonamides is 1. The maximum absolute atomic E-state index is 12.9. The molecule has 0 saturated carbocycles. The fourth-order valence-corrected chi connectivity index (χ4v) is 4.54. The Labute approximate surface area is 183 Å². The molecule has 0 aliphatic heterocycles. The quantitative estimate of drug-likeness (QED) is 0.471. The van der Waals surface area contributed by atoms with Crippen molar-refractivity contribution in [2.24, 2.45) is 0 Å². The fourth-order valence-electron chi connectivity index (χ4n) is 2.79. The highest BCUT2D eigenvalue weighted by Crippen LogP contribution is 2.33. The SMILES string of the molecule is CCN(CC)S(=O)(=O)c1ccc(Oc2ccc(Br)cc2)c(NC(=O)c2ccco2)c1. The van der Waals surface area contributed by atoms with E-state index in [1.807, 2.05) is 12.1 Å². The summed E-state index contributed by atoms with van der Waals surface area (Å²) in [5.41, 5.74) is 0.215. The highest BCUT2D eigenvalue weighted by molar-refractivity contribution is 9.10. The monoisotopic (exact) mass is 492 g/mol. The van der Waals surface area contributed by atoms with E-state index in [1.165, 1.54) is 34.8 Å². The van der Waals surface area contributed by atoms with Crippen LogP contribution in [0.15, 0.2) is 74.6 Å². The molecule has 7 nitrogen and oxygen atoms in total. The zero-order chi connectivity index (χ0) is 21.7. The molecule has 1 aromatic heterocycles.